The Kier molecular flexibility index (Phi) is 5.27. The fourth-order valence-corrected chi connectivity index (χ4v) is 4.44. The third-order valence-electron chi connectivity index (χ3n) is 5.47. The van der Waals surface area contributed by atoms with Crippen LogP contribution in [0.2, 0.25) is 0 Å². The fraction of sp³-hybridized carbons (Fsp3) is 0.429. The molecular formula is C21H25N3O2S. The fourth-order valence-electron chi connectivity index (χ4n) is 3.74. The number of rotatable bonds is 5. The van der Waals surface area contributed by atoms with Crippen molar-refractivity contribution < 1.29 is 9.59 Å². The zero-order chi connectivity index (χ0) is 18.8. The smallest absolute Gasteiger partial charge is 0.268 e. The Labute approximate surface area is 164 Å². The highest BCUT2D eigenvalue weighted by molar-refractivity contribution is 7.12. The molecule has 4 rings (SSSR count). The van der Waals surface area contributed by atoms with Gasteiger partial charge in [0.1, 0.15) is 0 Å². The summed E-state index contributed by atoms with van der Waals surface area (Å²) in [6, 6.07) is 12.0. The number of piperidine rings is 1. The highest BCUT2D eigenvalue weighted by Gasteiger charge is 2.32. The maximum atomic E-state index is 12.9. The summed E-state index contributed by atoms with van der Waals surface area (Å²) in [4.78, 5) is 30.4. The van der Waals surface area contributed by atoms with E-state index in [4.69, 9.17) is 0 Å². The molecule has 6 heteroatoms. The normalized spacial score (nSPS) is 18.3. The molecule has 27 heavy (non-hydrogen) atoms. The Morgan fingerprint density at radius 2 is 1.81 bits per heavy atom. The van der Waals surface area contributed by atoms with Crippen molar-refractivity contribution >= 4 is 28.8 Å². The van der Waals surface area contributed by atoms with Gasteiger partial charge in [-0.1, -0.05) is 18.2 Å². The van der Waals surface area contributed by atoms with Gasteiger partial charge in [0, 0.05) is 32.2 Å². The molecule has 142 valence electrons. The van der Waals surface area contributed by atoms with Crippen LogP contribution in [0.5, 0.6) is 0 Å². The third kappa shape index (κ3) is 4.06. The first-order valence-corrected chi connectivity index (χ1v) is 10.5. The summed E-state index contributed by atoms with van der Waals surface area (Å²) in [5.74, 6) is -0.190. The first kappa shape index (κ1) is 18.2. The molecule has 1 aromatic carbocycles. The first-order valence-electron chi connectivity index (χ1n) is 9.59. The number of benzene rings is 1. The Morgan fingerprint density at radius 3 is 2.48 bits per heavy atom. The molecule has 0 spiro atoms. The minimum atomic E-state index is -0.0960. The van der Waals surface area contributed by atoms with Crippen LogP contribution in [0.15, 0.2) is 41.8 Å². The SMILES string of the molecule is CN(C(=O)c1cccs1)c1ccccc1C(=O)NC1CCN(C2CC2)CC1. The maximum absolute atomic E-state index is 12.9. The first-order chi connectivity index (χ1) is 13.1. The molecule has 1 N–H and O–H groups in total. The summed E-state index contributed by atoms with van der Waals surface area (Å²) in [6.07, 6.45) is 4.65. The summed E-state index contributed by atoms with van der Waals surface area (Å²) in [7, 11) is 1.72. The molecule has 1 saturated carbocycles. The highest BCUT2D eigenvalue weighted by atomic mass is 32.1. The van der Waals surface area contributed by atoms with Gasteiger partial charge in [0.2, 0.25) is 0 Å². The van der Waals surface area contributed by atoms with Crippen LogP contribution in [-0.2, 0) is 0 Å². The quantitative estimate of drug-likeness (QED) is 0.861. The minimum absolute atomic E-state index is 0.0945. The average molecular weight is 384 g/mol. The van der Waals surface area contributed by atoms with E-state index in [0.717, 1.165) is 32.0 Å². The van der Waals surface area contributed by atoms with Crippen molar-refractivity contribution in [1.29, 1.82) is 0 Å². The molecule has 1 aliphatic heterocycles. The molecule has 0 unspecified atom stereocenters. The van der Waals surface area contributed by atoms with Crippen molar-refractivity contribution in [2.75, 3.05) is 25.0 Å². The molecule has 2 aliphatic rings. The predicted octanol–water partition coefficient (Wildman–Crippen LogP) is 3.38. The predicted molar refractivity (Wildman–Crippen MR) is 109 cm³/mol. The summed E-state index contributed by atoms with van der Waals surface area (Å²) < 4.78 is 0. The Bertz CT molecular complexity index is 809. The van der Waals surface area contributed by atoms with E-state index in [0.29, 0.717) is 16.1 Å². The highest BCUT2D eigenvalue weighted by Crippen LogP contribution is 2.29. The Balaban J connectivity index is 1.44. The molecule has 0 bridgehead atoms. The number of anilines is 1. The van der Waals surface area contributed by atoms with Gasteiger partial charge in [-0.25, -0.2) is 0 Å². The molecule has 2 heterocycles. The molecule has 1 aromatic heterocycles. The van der Waals surface area contributed by atoms with Crippen LogP contribution in [0.25, 0.3) is 0 Å². The number of nitrogens with one attached hydrogen (secondary N) is 1. The van der Waals surface area contributed by atoms with E-state index in [2.05, 4.69) is 10.2 Å². The molecule has 2 fully saturated rings. The van der Waals surface area contributed by atoms with Crippen molar-refractivity contribution in [3.8, 4) is 0 Å². The van der Waals surface area contributed by atoms with Crippen molar-refractivity contribution in [3.63, 3.8) is 0 Å². The van der Waals surface area contributed by atoms with E-state index in [9.17, 15) is 9.59 Å². The number of thiophene rings is 1. The molecule has 2 amide bonds. The molecule has 0 atom stereocenters. The summed E-state index contributed by atoms with van der Waals surface area (Å²) in [5, 5.41) is 5.07. The number of carbonyl (C=O) groups is 2. The van der Waals surface area contributed by atoms with Gasteiger partial charge in [0.15, 0.2) is 0 Å². The molecule has 0 radical (unpaired) electrons. The maximum Gasteiger partial charge on any atom is 0.268 e. The van der Waals surface area contributed by atoms with Crippen LogP contribution in [0.3, 0.4) is 0 Å². The monoisotopic (exact) mass is 383 g/mol. The number of para-hydroxylation sites is 1. The second-order valence-electron chi connectivity index (χ2n) is 7.37. The minimum Gasteiger partial charge on any atom is -0.349 e. The zero-order valence-corrected chi connectivity index (χ0v) is 16.4. The Hall–Kier alpha value is -2.18. The summed E-state index contributed by atoms with van der Waals surface area (Å²) in [5.41, 5.74) is 1.19. The standard InChI is InChI=1S/C21H25N3O2S/c1-23(21(26)19-7-4-14-27-19)18-6-3-2-5-17(18)20(25)22-15-10-12-24(13-11-15)16-8-9-16/h2-7,14-16H,8-13H2,1H3,(H,22,25). The zero-order valence-electron chi connectivity index (χ0n) is 15.6. The summed E-state index contributed by atoms with van der Waals surface area (Å²) >= 11 is 1.41. The topological polar surface area (TPSA) is 52.7 Å². The van der Waals surface area contributed by atoms with Gasteiger partial charge in [-0.05, 0) is 49.3 Å². The average Bonchev–Trinajstić information content (AvgIpc) is 3.41. The number of hydrogen-bond acceptors (Lipinski definition) is 4. The van der Waals surface area contributed by atoms with Gasteiger partial charge in [-0.3, -0.25) is 9.59 Å². The number of carbonyl (C=O) groups excluding carboxylic acids is 2. The van der Waals surface area contributed by atoms with Crippen LogP contribution in [0, 0.1) is 0 Å². The second-order valence-corrected chi connectivity index (χ2v) is 8.32. The van der Waals surface area contributed by atoms with Gasteiger partial charge in [-0.2, -0.15) is 0 Å². The van der Waals surface area contributed by atoms with E-state index in [1.165, 1.54) is 24.2 Å². The van der Waals surface area contributed by atoms with E-state index >= 15 is 0 Å². The second kappa shape index (κ2) is 7.82. The van der Waals surface area contributed by atoms with Crippen LogP contribution in [0.1, 0.15) is 45.7 Å². The van der Waals surface area contributed by atoms with Crippen molar-refractivity contribution in [1.82, 2.24) is 10.2 Å². The summed E-state index contributed by atoms with van der Waals surface area (Å²) in [6.45, 7) is 2.13. The van der Waals surface area contributed by atoms with Gasteiger partial charge in [0.25, 0.3) is 11.8 Å². The van der Waals surface area contributed by atoms with Gasteiger partial charge in [-0.15, -0.1) is 11.3 Å². The van der Waals surface area contributed by atoms with E-state index in [1.807, 2.05) is 29.6 Å². The van der Waals surface area contributed by atoms with Crippen LogP contribution in [-0.4, -0.2) is 48.9 Å². The number of amides is 2. The van der Waals surface area contributed by atoms with Crippen molar-refractivity contribution in [3.05, 3.63) is 52.2 Å². The lowest BCUT2D eigenvalue weighted by atomic mass is 10.0. The number of likely N-dealkylation sites (tertiary alicyclic amines) is 1. The van der Waals surface area contributed by atoms with E-state index in [-0.39, 0.29) is 17.9 Å². The molecule has 2 aromatic rings. The van der Waals surface area contributed by atoms with Crippen LogP contribution < -0.4 is 10.2 Å². The lowest BCUT2D eigenvalue weighted by Gasteiger charge is -2.32. The van der Waals surface area contributed by atoms with Crippen molar-refractivity contribution in [2.45, 2.75) is 37.8 Å². The third-order valence-corrected chi connectivity index (χ3v) is 6.33. The lowest BCUT2D eigenvalue weighted by molar-refractivity contribution is 0.0909. The molecule has 5 nitrogen and oxygen atoms in total. The van der Waals surface area contributed by atoms with Crippen molar-refractivity contribution in [2.24, 2.45) is 0 Å². The van der Waals surface area contributed by atoms with Crippen LogP contribution in [0.4, 0.5) is 5.69 Å². The molecular weight excluding hydrogens is 358 g/mol. The number of hydrogen-bond donors (Lipinski definition) is 1. The lowest BCUT2D eigenvalue weighted by Crippen LogP contribution is -2.45. The van der Waals surface area contributed by atoms with Gasteiger partial charge < -0.3 is 15.1 Å². The van der Waals surface area contributed by atoms with E-state index < -0.39 is 0 Å². The van der Waals surface area contributed by atoms with Crippen LogP contribution >= 0.6 is 11.3 Å². The largest absolute Gasteiger partial charge is 0.349 e. The van der Waals surface area contributed by atoms with Gasteiger partial charge >= 0.3 is 0 Å². The van der Waals surface area contributed by atoms with Gasteiger partial charge in [0.05, 0.1) is 16.1 Å². The Morgan fingerprint density at radius 1 is 1.07 bits per heavy atom. The number of nitrogens with zero attached hydrogens (tertiary/aromatic N) is 2. The van der Waals surface area contributed by atoms with E-state index in [1.54, 1.807) is 24.1 Å². The molecule has 1 saturated heterocycles. The molecule has 1 aliphatic carbocycles.